The quantitative estimate of drug-likeness (QED) is 0.482. The molecule has 0 saturated heterocycles. The summed E-state index contributed by atoms with van der Waals surface area (Å²) >= 11 is 1.42. The van der Waals surface area contributed by atoms with Gasteiger partial charge in [0.25, 0.3) is 0 Å². The number of halogens is 1. The second-order valence-electron chi connectivity index (χ2n) is 6.94. The van der Waals surface area contributed by atoms with Crippen LogP contribution in [-0.4, -0.2) is 22.3 Å². The van der Waals surface area contributed by atoms with Gasteiger partial charge in [0.2, 0.25) is 0 Å². The predicted octanol–water partition coefficient (Wildman–Crippen LogP) is 5.10. The molecule has 1 aromatic heterocycles. The number of anilines is 1. The molecule has 4 rings (SSSR count). The number of thioether (sulfide) groups is 1. The number of hydrogen-bond donors (Lipinski definition) is 1. The monoisotopic (exact) mass is 408 g/mol. The van der Waals surface area contributed by atoms with Crippen LogP contribution in [0, 0.1) is 12.7 Å². The zero-order valence-electron chi connectivity index (χ0n) is 16.4. The Labute approximate surface area is 173 Å². The molecule has 1 atom stereocenters. The Kier molecular flexibility index (Phi) is 5.24. The Morgan fingerprint density at radius 2 is 1.93 bits per heavy atom. The van der Waals surface area contributed by atoms with Gasteiger partial charge in [-0.2, -0.15) is 0 Å². The van der Waals surface area contributed by atoms with Crippen LogP contribution in [0.1, 0.15) is 29.7 Å². The van der Waals surface area contributed by atoms with Gasteiger partial charge in [-0.1, -0.05) is 42.1 Å². The fourth-order valence-corrected chi connectivity index (χ4v) is 3.97. The SMILES string of the molecule is CSc1nc(-c2ccc(F)cc2C)c2c(n1)N([C@@H](C)c1ccccc1)C(=O)NC2. The molecule has 0 bridgehead atoms. The molecule has 1 aliphatic heterocycles. The number of benzene rings is 2. The molecule has 0 fully saturated rings. The van der Waals surface area contributed by atoms with E-state index in [0.29, 0.717) is 17.5 Å². The van der Waals surface area contributed by atoms with Gasteiger partial charge in [0, 0.05) is 11.1 Å². The van der Waals surface area contributed by atoms with Gasteiger partial charge in [0.15, 0.2) is 5.16 Å². The van der Waals surface area contributed by atoms with E-state index in [2.05, 4.69) is 10.3 Å². The van der Waals surface area contributed by atoms with Crippen molar-refractivity contribution in [1.29, 1.82) is 0 Å². The zero-order valence-corrected chi connectivity index (χ0v) is 17.3. The summed E-state index contributed by atoms with van der Waals surface area (Å²) < 4.78 is 13.7. The molecule has 2 aromatic carbocycles. The van der Waals surface area contributed by atoms with Gasteiger partial charge in [-0.15, -0.1) is 0 Å². The maximum Gasteiger partial charge on any atom is 0.323 e. The first-order valence-corrected chi connectivity index (χ1v) is 10.6. The molecule has 2 amide bonds. The number of carbonyl (C=O) groups excluding carboxylic acids is 1. The Hall–Kier alpha value is -2.93. The molecule has 5 nitrogen and oxygen atoms in total. The molecule has 1 aliphatic rings. The molecule has 3 aromatic rings. The number of nitrogens with one attached hydrogen (secondary N) is 1. The highest BCUT2D eigenvalue weighted by Gasteiger charge is 2.33. The third kappa shape index (κ3) is 3.58. The molecule has 0 spiro atoms. The van der Waals surface area contributed by atoms with Gasteiger partial charge in [0.1, 0.15) is 11.6 Å². The van der Waals surface area contributed by atoms with Crippen molar-refractivity contribution in [2.24, 2.45) is 0 Å². The third-order valence-corrected chi connectivity index (χ3v) is 5.67. The minimum atomic E-state index is -0.285. The van der Waals surface area contributed by atoms with Crippen molar-refractivity contribution in [2.75, 3.05) is 11.2 Å². The number of nitrogens with zero attached hydrogens (tertiary/aromatic N) is 3. The smallest absolute Gasteiger partial charge is 0.323 e. The van der Waals surface area contributed by atoms with E-state index >= 15 is 0 Å². The fourth-order valence-electron chi connectivity index (χ4n) is 3.61. The van der Waals surface area contributed by atoms with Gasteiger partial charge in [-0.25, -0.2) is 19.2 Å². The molecular formula is C22H21FN4OS. The van der Waals surface area contributed by atoms with Gasteiger partial charge < -0.3 is 5.32 Å². The van der Waals surface area contributed by atoms with Crippen LogP contribution in [0.3, 0.4) is 0 Å². The number of urea groups is 1. The molecular weight excluding hydrogens is 387 g/mol. The maximum atomic E-state index is 13.7. The lowest BCUT2D eigenvalue weighted by Gasteiger charge is -2.34. The zero-order chi connectivity index (χ0) is 20.5. The summed E-state index contributed by atoms with van der Waals surface area (Å²) in [5.74, 6) is 0.315. The molecule has 148 valence electrons. The van der Waals surface area contributed by atoms with Crippen LogP contribution >= 0.6 is 11.8 Å². The summed E-state index contributed by atoms with van der Waals surface area (Å²) in [4.78, 5) is 23.9. The molecule has 0 unspecified atom stereocenters. The molecule has 0 saturated carbocycles. The summed E-state index contributed by atoms with van der Waals surface area (Å²) in [5.41, 5.74) is 4.20. The summed E-state index contributed by atoms with van der Waals surface area (Å²) in [6.07, 6.45) is 1.90. The Morgan fingerprint density at radius 3 is 2.62 bits per heavy atom. The van der Waals surface area contributed by atoms with Crippen molar-refractivity contribution in [1.82, 2.24) is 15.3 Å². The summed E-state index contributed by atoms with van der Waals surface area (Å²) in [5, 5.41) is 3.52. The number of fused-ring (bicyclic) bond motifs is 1. The second-order valence-corrected chi connectivity index (χ2v) is 7.71. The van der Waals surface area contributed by atoms with E-state index in [1.807, 2.05) is 50.4 Å². The average molecular weight is 409 g/mol. The fraction of sp³-hybridized carbons (Fsp3) is 0.227. The maximum absolute atomic E-state index is 13.7. The largest absolute Gasteiger partial charge is 0.333 e. The number of amides is 2. The summed E-state index contributed by atoms with van der Waals surface area (Å²) in [6, 6.07) is 14.1. The van der Waals surface area contributed by atoms with Crippen LogP contribution < -0.4 is 10.2 Å². The van der Waals surface area contributed by atoms with E-state index in [1.54, 1.807) is 11.0 Å². The number of carbonyl (C=O) groups is 1. The number of hydrogen-bond acceptors (Lipinski definition) is 4. The van der Waals surface area contributed by atoms with E-state index in [9.17, 15) is 9.18 Å². The normalized spacial score (nSPS) is 14.3. The summed E-state index contributed by atoms with van der Waals surface area (Å²) in [7, 11) is 0. The van der Waals surface area contributed by atoms with Crippen LogP contribution in [0.25, 0.3) is 11.3 Å². The van der Waals surface area contributed by atoms with Crippen molar-refractivity contribution >= 4 is 23.6 Å². The highest BCUT2D eigenvalue weighted by atomic mass is 32.2. The molecule has 2 heterocycles. The first-order chi connectivity index (χ1) is 14.0. The van der Waals surface area contributed by atoms with Crippen molar-refractivity contribution in [3.8, 4) is 11.3 Å². The van der Waals surface area contributed by atoms with Crippen molar-refractivity contribution in [2.45, 2.75) is 31.6 Å². The van der Waals surface area contributed by atoms with Crippen LogP contribution in [0.2, 0.25) is 0 Å². The van der Waals surface area contributed by atoms with Crippen LogP contribution in [0.4, 0.5) is 15.0 Å². The van der Waals surface area contributed by atoms with Crippen LogP contribution in [0.5, 0.6) is 0 Å². The van der Waals surface area contributed by atoms with Crippen LogP contribution in [0.15, 0.2) is 53.7 Å². The topological polar surface area (TPSA) is 58.1 Å². The molecule has 0 aliphatic carbocycles. The molecule has 0 radical (unpaired) electrons. The van der Waals surface area contributed by atoms with Crippen LogP contribution in [-0.2, 0) is 6.54 Å². The molecule has 1 N–H and O–H groups in total. The number of rotatable bonds is 4. The highest BCUT2D eigenvalue weighted by Crippen LogP contribution is 2.37. The second kappa shape index (κ2) is 7.83. The van der Waals surface area contributed by atoms with E-state index in [-0.39, 0.29) is 17.9 Å². The first-order valence-electron chi connectivity index (χ1n) is 9.33. The van der Waals surface area contributed by atoms with E-state index in [1.165, 1.54) is 23.9 Å². The summed E-state index contributed by atoms with van der Waals surface area (Å²) in [6.45, 7) is 4.16. The van der Waals surface area contributed by atoms with E-state index in [0.717, 1.165) is 27.9 Å². The minimum Gasteiger partial charge on any atom is -0.333 e. The first kappa shape index (κ1) is 19.4. The molecule has 7 heteroatoms. The van der Waals surface area contributed by atoms with Crippen molar-refractivity contribution < 1.29 is 9.18 Å². The number of aromatic nitrogens is 2. The van der Waals surface area contributed by atoms with Crippen molar-refractivity contribution in [3.05, 3.63) is 71.0 Å². The predicted molar refractivity (Wildman–Crippen MR) is 114 cm³/mol. The lowest BCUT2D eigenvalue weighted by atomic mass is 9.99. The average Bonchev–Trinajstić information content (AvgIpc) is 2.73. The van der Waals surface area contributed by atoms with E-state index < -0.39 is 0 Å². The third-order valence-electron chi connectivity index (χ3n) is 5.12. The van der Waals surface area contributed by atoms with Gasteiger partial charge in [-0.3, -0.25) is 4.90 Å². The van der Waals surface area contributed by atoms with Gasteiger partial charge in [-0.05, 0) is 49.4 Å². The number of aryl methyl sites for hydroxylation is 1. The lowest BCUT2D eigenvalue weighted by molar-refractivity contribution is 0.242. The van der Waals surface area contributed by atoms with Crippen molar-refractivity contribution in [3.63, 3.8) is 0 Å². The standard InChI is InChI=1S/C22H21FN4OS/c1-13-11-16(23)9-10-17(13)19-18-12-24-22(28)27(20(18)26-21(25-19)29-3)14(2)15-7-5-4-6-8-15/h4-11,14H,12H2,1-3H3,(H,24,28)/t14-/m0/s1. The Morgan fingerprint density at radius 1 is 1.17 bits per heavy atom. The highest BCUT2D eigenvalue weighted by molar-refractivity contribution is 7.98. The minimum absolute atomic E-state index is 0.193. The Balaban J connectivity index is 1.90. The van der Waals surface area contributed by atoms with Gasteiger partial charge >= 0.3 is 6.03 Å². The van der Waals surface area contributed by atoms with Gasteiger partial charge in [0.05, 0.1) is 18.3 Å². The van der Waals surface area contributed by atoms with E-state index in [4.69, 9.17) is 4.98 Å². The lowest BCUT2D eigenvalue weighted by Crippen LogP contribution is -2.46. The Bertz CT molecular complexity index is 1070. The molecule has 29 heavy (non-hydrogen) atoms.